The lowest BCUT2D eigenvalue weighted by atomic mass is 9.95. The highest BCUT2D eigenvalue weighted by Gasteiger charge is 2.36. The minimum Gasteiger partial charge on any atom is -0.467 e. The summed E-state index contributed by atoms with van der Waals surface area (Å²) in [6, 6.07) is -1.02. The molecule has 7 nitrogen and oxygen atoms in total. The number of hydrogen-bond acceptors (Lipinski definition) is 5. The zero-order chi connectivity index (χ0) is 15.4. The molecule has 2 fully saturated rings. The van der Waals surface area contributed by atoms with Gasteiger partial charge in [0.1, 0.15) is 0 Å². The number of likely N-dealkylation sites (tertiary alicyclic amines) is 1. The quantitative estimate of drug-likeness (QED) is 0.653. The summed E-state index contributed by atoms with van der Waals surface area (Å²) in [7, 11) is 1.21. The normalized spacial score (nSPS) is 20.8. The van der Waals surface area contributed by atoms with E-state index in [-0.39, 0.29) is 23.7 Å². The second kappa shape index (κ2) is 6.89. The molecule has 1 saturated carbocycles. The molecular weight excluding hydrogens is 276 g/mol. The molecule has 0 bridgehead atoms. The van der Waals surface area contributed by atoms with E-state index in [2.05, 4.69) is 10.1 Å². The minimum atomic E-state index is -1.02. The van der Waals surface area contributed by atoms with Crippen molar-refractivity contribution in [2.75, 3.05) is 26.8 Å². The van der Waals surface area contributed by atoms with Crippen molar-refractivity contribution in [2.45, 2.75) is 31.7 Å². The average Bonchev–Trinajstić information content (AvgIpc) is 3.35. The number of nitrogens with zero attached hydrogens (tertiary/aromatic N) is 1. The van der Waals surface area contributed by atoms with Gasteiger partial charge in [-0.2, -0.15) is 0 Å². The summed E-state index contributed by atoms with van der Waals surface area (Å²) in [6.07, 6.45) is 3.14. The Balaban J connectivity index is 1.79. The summed E-state index contributed by atoms with van der Waals surface area (Å²) < 4.78 is 4.51. The molecule has 0 aromatic rings. The second-order valence-corrected chi connectivity index (χ2v) is 5.64. The summed E-state index contributed by atoms with van der Waals surface area (Å²) >= 11 is 0. The number of ether oxygens (including phenoxy) is 1. The molecular formula is C14H22N2O5. The first-order chi connectivity index (χ1) is 10.1. The van der Waals surface area contributed by atoms with Crippen LogP contribution < -0.4 is 5.32 Å². The van der Waals surface area contributed by atoms with Gasteiger partial charge in [0.2, 0.25) is 11.8 Å². The van der Waals surface area contributed by atoms with Crippen molar-refractivity contribution in [3.63, 3.8) is 0 Å². The summed E-state index contributed by atoms with van der Waals surface area (Å²) in [6.45, 7) is 0.669. The highest BCUT2D eigenvalue weighted by molar-refractivity contribution is 5.86. The first-order valence-electron chi connectivity index (χ1n) is 7.34. The Morgan fingerprint density at radius 3 is 2.29 bits per heavy atom. The highest BCUT2D eigenvalue weighted by Crippen LogP contribution is 2.32. The lowest BCUT2D eigenvalue weighted by molar-refractivity contribution is -0.147. The van der Waals surface area contributed by atoms with Crippen molar-refractivity contribution in [2.24, 2.45) is 11.8 Å². The number of aliphatic hydroxyl groups is 1. The van der Waals surface area contributed by atoms with Gasteiger partial charge in [0.25, 0.3) is 0 Å². The molecule has 2 N–H and O–H groups in total. The Morgan fingerprint density at radius 1 is 1.19 bits per heavy atom. The maximum Gasteiger partial charge on any atom is 0.330 e. The van der Waals surface area contributed by atoms with Crippen LogP contribution in [-0.2, 0) is 19.1 Å². The van der Waals surface area contributed by atoms with Crippen LogP contribution in [0.4, 0.5) is 0 Å². The Morgan fingerprint density at radius 2 is 1.81 bits per heavy atom. The van der Waals surface area contributed by atoms with Gasteiger partial charge in [-0.25, -0.2) is 4.79 Å². The standard InChI is InChI=1S/C14H22N2O5/c1-21-14(20)11(8-17)15-12(18)9-4-6-16(7-5-9)13(19)10-2-3-10/h9-11,17H,2-8H2,1H3,(H,15,18). The Labute approximate surface area is 123 Å². The van der Waals surface area contributed by atoms with Gasteiger partial charge >= 0.3 is 5.97 Å². The van der Waals surface area contributed by atoms with Crippen LogP contribution in [0, 0.1) is 11.8 Å². The summed E-state index contributed by atoms with van der Waals surface area (Å²) in [4.78, 5) is 37.2. The summed E-state index contributed by atoms with van der Waals surface area (Å²) in [5.41, 5.74) is 0. The van der Waals surface area contributed by atoms with Crippen molar-refractivity contribution >= 4 is 17.8 Å². The van der Waals surface area contributed by atoms with Crippen LogP contribution in [0.3, 0.4) is 0 Å². The van der Waals surface area contributed by atoms with Crippen molar-refractivity contribution in [3.8, 4) is 0 Å². The minimum absolute atomic E-state index is 0.202. The predicted octanol–water partition coefficient (Wildman–Crippen LogP) is -0.715. The van der Waals surface area contributed by atoms with Gasteiger partial charge < -0.3 is 20.1 Å². The number of carbonyl (C=O) groups is 3. The Bertz CT molecular complexity index is 414. The lowest BCUT2D eigenvalue weighted by Gasteiger charge is -2.32. The van der Waals surface area contributed by atoms with E-state index >= 15 is 0 Å². The smallest absolute Gasteiger partial charge is 0.330 e. The van der Waals surface area contributed by atoms with Crippen LogP contribution in [0.15, 0.2) is 0 Å². The van der Waals surface area contributed by atoms with Crippen LogP contribution in [0.25, 0.3) is 0 Å². The van der Waals surface area contributed by atoms with E-state index in [1.54, 1.807) is 0 Å². The van der Waals surface area contributed by atoms with Crippen LogP contribution in [0.5, 0.6) is 0 Å². The van der Waals surface area contributed by atoms with Gasteiger partial charge in [0, 0.05) is 24.9 Å². The molecule has 2 rings (SSSR count). The van der Waals surface area contributed by atoms with Crippen molar-refractivity contribution in [1.82, 2.24) is 10.2 Å². The Hall–Kier alpha value is -1.63. The summed E-state index contributed by atoms with van der Waals surface area (Å²) in [5.74, 6) is -0.748. The second-order valence-electron chi connectivity index (χ2n) is 5.64. The number of carbonyl (C=O) groups excluding carboxylic acids is 3. The zero-order valence-corrected chi connectivity index (χ0v) is 12.2. The fourth-order valence-corrected chi connectivity index (χ4v) is 2.56. The van der Waals surface area contributed by atoms with Gasteiger partial charge in [-0.3, -0.25) is 9.59 Å². The van der Waals surface area contributed by atoms with Crippen LogP contribution in [0.1, 0.15) is 25.7 Å². The first kappa shape index (κ1) is 15.8. The molecule has 0 aromatic carbocycles. The molecule has 0 radical (unpaired) electrons. The number of piperidine rings is 1. The molecule has 1 heterocycles. The topological polar surface area (TPSA) is 95.9 Å². The lowest BCUT2D eigenvalue weighted by Crippen LogP contribution is -2.49. The van der Waals surface area contributed by atoms with Gasteiger partial charge in [-0.15, -0.1) is 0 Å². The SMILES string of the molecule is COC(=O)C(CO)NC(=O)C1CCN(C(=O)C2CC2)CC1. The zero-order valence-electron chi connectivity index (χ0n) is 12.2. The van der Waals surface area contributed by atoms with Crippen LogP contribution in [-0.4, -0.2) is 60.6 Å². The average molecular weight is 298 g/mol. The van der Waals surface area contributed by atoms with Gasteiger partial charge in [-0.05, 0) is 25.7 Å². The maximum absolute atomic E-state index is 12.1. The van der Waals surface area contributed by atoms with Gasteiger partial charge in [0.05, 0.1) is 13.7 Å². The van der Waals surface area contributed by atoms with E-state index in [0.29, 0.717) is 25.9 Å². The molecule has 1 aliphatic heterocycles. The van der Waals surface area contributed by atoms with Crippen LogP contribution >= 0.6 is 0 Å². The molecule has 1 atom stereocenters. The number of amides is 2. The number of hydrogen-bond donors (Lipinski definition) is 2. The molecule has 1 saturated heterocycles. The van der Waals surface area contributed by atoms with Gasteiger partial charge in [-0.1, -0.05) is 0 Å². The van der Waals surface area contributed by atoms with Gasteiger partial charge in [0.15, 0.2) is 6.04 Å². The van der Waals surface area contributed by atoms with Crippen molar-refractivity contribution in [1.29, 1.82) is 0 Å². The number of esters is 1. The molecule has 21 heavy (non-hydrogen) atoms. The Kier molecular flexibility index (Phi) is 5.17. The third-order valence-corrected chi connectivity index (χ3v) is 4.09. The van der Waals surface area contributed by atoms with E-state index in [9.17, 15) is 14.4 Å². The third kappa shape index (κ3) is 3.93. The van der Waals surface area contributed by atoms with E-state index < -0.39 is 18.6 Å². The van der Waals surface area contributed by atoms with Crippen LogP contribution in [0.2, 0.25) is 0 Å². The number of rotatable bonds is 5. The van der Waals surface area contributed by atoms with E-state index in [1.165, 1.54) is 7.11 Å². The molecule has 1 aliphatic carbocycles. The predicted molar refractivity (Wildman–Crippen MR) is 73.1 cm³/mol. The van der Waals surface area contributed by atoms with E-state index in [0.717, 1.165) is 12.8 Å². The molecule has 2 amide bonds. The fourth-order valence-electron chi connectivity index (χ4n) is 2.56. The maximum atomic E-state index is 12.1. The van der Waals surface area contributed by atoms with E-state index in [1.807, 2.05) is 4.90 Å². The van der Waals surface area contributed by atoms with Crippen molar-refractivity contribution < 1.29 is 24.2 Å². The summed E-state index contributed by atoms with van der Waals surface area (Å²) in [5, 5.41) is 11.6. The fraction of sp³-hybridized carbons (Fsp3) is 0.786. The molecule has 2 aliphatic rings. The number of methoxy groups -OCH3 is 1. The molecule has 0 spiro atoms. The monoisotopic (exact) mass is 298 g/mol. The number of nitrogens with one attached hydrogen (secondary N) is 1. The largest absolute Gasteiger partial charge is 0.467 e. The highest BCUT2D eigenvalue weighted by atomic mass is 16.5. The molecule has 118 valence electrons. The number of aliphatic hydroxyl groups excluding tert-OH is 1. The molecule has 0 aromatic heterocycles. The first-order valence-corrected chi connectivity index (χ1v) is 7.34. The molecule has 7 heteroatoms. The molecule has 1 unspecified atom stereocenters. The van der Waals surface area contributed by atoms with Crippen molar-refractivity contribution in [3.05, 3.63) is 0 Å². The third-order valence-electron chi connectivity index (χ3n) is 4.09. The van der Waals surface area contributed by atoms with E-state index in [4.69, 9.17) is 5.11 Å².